The molecule has 168 valence electrons. The minimum Gasteiger partial charge on any atom is -0.497 e. The Balaban J connectivity index is 1.59. The van der Waals surface area contributed by atoms with Crippen LogP contribution in [0.4, 0.5) is 14.9 Å². The summed E-state index contributed by atoms with van der Waals surface area (Å²) in [5.41, 5.74) is 1.73. The average Bonchev–Trinajstić information content (AvgIpc) is 3.26. The number of aromatic nitrogens is 1. The van der Waals surface area contributed by atoms with Gasteiger partial charge in [-0.2, -0.15) is 0 Å². The third-order valence-corrected chi connectivity index (χ3v) is 5.52. The Bertz CT molecular complexity index is 1050. The van der Waals surface area contributed by atoms with Gasteiger partial charge in [0.05, 0.1) is 13.7 Å². The monoisotopic (exact) mass is 456 g/mol. The maximum Gasteiger partial charge on any atom is 0.322 e. The van der Waals surface area contributed by atoms with Crippen LogP contribution in [0.25, 0.3) is 0 Å². The van der Waals surface area contributed by atoms with Crippen LogP contribution in [0.1, 0.15) is 34.9 Å². The molecule has 0 aliphatic carbocycles. The summed E-state index contributed by atoms with van der Waals surface area (Å²) < 4.78 is 18.1. The molecule has 0 bridgehead atoms. The van der Waals surface area contributed by atoms with Crippen molar-refractivity contribution in [3.05, 3.63) is 76.0 Å². The predicted molar refractivity (Wildman–Crippen MR) is 122 cm³/mol. The molecule has 32 heavy (non-hydrogen) atoms. The van der Waals surface area contributed by atoms with Crippen LogP contribution in [0.3, 0.4) is 0 Å². The summed E-state index contributed by atoms with van der Waals surface area (Å²) >= 11 is 1.32. The molecular formula is C23H25FN4O3S. The van der Waals surface area contributed by atoms with E-state index < -0.39 is 0 Å². The van der Waals surface area contributed by atoms with Gasteiger partial charge in [-0.1, -0.05) is 12.1 Å². The van der Waals surface area contributed by atoms with E-state index in [-0.39, 0.29) is 42.6 Å². The lowest BCUT2D eigenvalue weighted by molar-refractivity contribution is 0.0946. The lowest BCUT2D eigenvalue weighted by atomic mass is 10.2. The van der Waals surface area contributed by atoms with Crippen LogP contribution in [0, 0.1) is 5.82 Å². The van der Waals surface area contributed by atoms with Gasteiger partial charge in [0.15, 0.2) is 0 Å². The van der Waals surface area contributed by atoms with Gasteiger partial charge in [0, 0.05) is 23.7 Å². The Hall–Kier alpha value is -3.46. The number of carbonyl (C=O) groups is 2. The second kappa shape index (κ2) is 10.7. The number of rotatable bonds is 8. The fraction of sp³-hybridized carbons (Fsp3) is 0.261. The van der Waals surface area contributed by atoms with Gasteiger partial charge < -0.3 is 20.3 Å². The van der Waals surface area contributed by atoms with Crippen LogP contribution < -0.4 is 15.4 Å². The SMILES string of the molecule is COc1ccc(NC(=O)N(Cc2nc(C(=O)NCc3ccc(F)cc3)cs2)C(C)C)cc1. The van der Waals surface area contributed by atoms with Crippen LogP contribution in [-0.2, 0) is 13.1 Å². The molecule has 2 aromatic carbocycles. The number of amides is 3. The zero-order valence-electron chi connectivity index (χ0n) is 18.1. The van der Waals surface area contributed by atoms with Crippen molar-refractivity contribution in [3.63, 3.8) is 0 Å². The van der Waals surface area contributed by atoms with E-state index in [2.05, 4.69) is 15.6 Å². The van der Waals surface area contributed by atoms with Gasteiger partial charge in [-0.05, 0) is 55.8 Å². The van der Waals surface area contributed by atoms with Gasteiger partial charge in [0.2, 0.25) is 0 Å². The van der Waals surface area contributed by atoms with Gasteiger partial charge in [-0.15, -0.1) is 11.3 Å². The fourth-order valence-electron chi connectivity index (χ4n) is 2.87. The number of urea groups is 1. The number of hydrogen-bond donors (Lipinski definition) is 2. The average molecular weight is 457 g/mol. The first-order chi connectivity index (χ1) is 15.4. The first-order valence-electron chi connectivity index (χ1n) is 10.0. The van der Waals surface area contributed by atoms with Crippen LogP contribution in [0.2, 0.25) is 0 Å². The lowest BCUT2D eigenvalue weighted by Crippen LogP contribution is -2.39. The summed E-state index contributed by atoms with van der Waals surface area (Å²) in [4.78, 5) is 31.2. The van der Waals surface area contributed by atoms with Crippen molar-refractivity contribution in [2.24, 2.45) is 0 Å². The van der Waals surface area contributed by atoms with E-state index in [4.69, 9.17) is 4.74 Å². The molecule has 1 heterocycles. The number of methoxy groups -OCH3 is 1. The summed E-state index contributed by atoms with van der Waals surface area (Å²) in [7, 11) is 1.58. The number of hydrogen-bond acceptors (Lipinski definition) is 5. The highest BCUT2D eigenvalue weighted by Crippen LogP contribution is 2.18. The molecule has 0 aliphatic rings. The van der Waals surface area contributed by atoms with E-state index in [9.17, 15) is 14.0 Å². The predicted octanol–water partition coefficient (Wildman–Crippen LogP) is 4.66. The zero-order chi connectivity index (χ0) is 23.1. The quantitative estimate of drug-likeness (QED) is 0.516. The first kappa shape index (κ1) is 23.2. The molecule has 1 aromatic heterocycles. The molecule has 3 amide bonds. The number of thiazole rings is 1. The lowest BCUT2D eigenvalue weighted by Gasteiger charge is -2.26. The molecule has 2 N–H and O–H groups in total. The van der Waals surface area contributed by atoms with Gasteiger partial charge in [-0.3, -0.25) is 4.79 Å². The molecule has 0 aliphatic heterocycles. The molecular weight excluding hydrogens is 431 g/mol. The number of nitrogens with one attached hydrogen (secondary N) is 2. The third-order valence-electron chi connectivity index (χ3n) is 4.68. The summed E-state index contributed by atoms with van der Waals surface area (Å²) in [6, 6.07) is 12.7. The van der Waals surface area contributed by atoms with Crippen molar-refractivity contribution in [1.29, 1.82) is 0 Å². The van der Waals surface area contributed by atoms with Crippen molar-refractivity contribution >= 4 is 29.0 Å². The molecule has 9 heteroatoms. The maximum absolute atomic E-state index is 13.0. The Morgan fingerprint density at radius 1 is 1.12 bits per heavy atom. The first-order valence-corrected chi connectivity index (χ1v) is 10.9. The number of anilines is 1. The van der Waals surface area contributed by atoms with E-state index >= 15 is 0 Å². The molecule has 7 nitrogen and oxygen atoms in total. The maximum atomic E-state index is 13.0. The van der Waals surface area contributed by atoms with Crippen LogP contribution in [0.5, 0.6) is 5.75 Å². The molecule has 0 fully saturated rings. The minimum atomic E-state index is -0.324. The summed E-state index contributed by atoms with van der Waals surface area (Å²) in [5, 5.41) is 7.95. The van der Waals surface area contributed by atoms with Crippen LogP contribution in [0.15, 0.2) is 53.9 Å². The normalized spacial score (nSPS) is 10.7. The van der Waals surface area contributed by atoms with Crippen LogP contribution in [-0.4, -0.2) is 35.0 Å². The van der Waals surface area contributed by atoms with E-state index in [1.54, 1.807) is 53.8 Å². The Labute approximate surface area is 190 Å². The summed E-state index contributed by atoms with van der Waals surface area (Å²) in [6.45, 7) is 4.37. The van der Waals surface area contributed by atoms with Crippen molar-refractivity contribution in [2.75, 3.05) is 12.4 Å². The van der Waals surface area contributed by atoms with Crippen molar-refractivity contribution in [1.82, 2.24) is 15.2 Å². The Morgan fingerprint density at radius 2 is 1.81 bits per heavy atom. The number of nitrogens with zero attached hydrogens (tertiary/aromatic N) is 2. The zero-order valence-corrected chi connectivity index (χ0v) is 18.9. The smallest absolute Gasteiger partial charge is 0.322 e. The van der Waals surface area contributed by atoms with Gasteiger partial charge in [0.25, 0.3) is 5.91 Å². The molecule has 0 radical (unpaired) electrons. The highest BCUT2D eigenvalue weighted by Gasteiger charge is 2.20. The number of halogens is 1. The van der Waals surface area contributed by atoms with Crippen LogP contribution >= 0.6 is 11.3 Å². The molecule has 3 aromatic rings. The van der Waals surface area contributed by atoms with Crippen molar-refractivity contribution < 1.29 is 18.7 Å². The fourth-order valence-corrected chi connectivity index (χ4v) is 3.64. The number of benzene rings is 2. The molecule has 0 spiro atoms. The van der Waals surface area contributed by atoms with Crippen molar-refractivity contribution in [2.45, 2.75) is 33.0 Å². The Kier molecular flexibility index (Phi) is 7.77. The molecule has 0 saturated carbocycles. The van der Waals surface area contributed by atoms with Crippen molar-refractivity contribution in [3.8, 4) is 5.75 Å². The topological polar surface area (TPSA) is 83.6 Å². The molecule has 0 unspecified atom stereocenters. The van der Waals surface area contributed by atoms with E-state index in [1.807, 2.05) is 13.8 Å². The molecule has 0 atom stereocenters. The van der Waals surface area contributed by atoms with Gasteiger partial charge >= 0.3 is 6.03 Å². The molecule has 3 rings (SSSR count). The van der Waals surface area contributed by atoms with E-state index in [1.165, 1.54) is 23.5 Å². The second-order valence-electron chi connectivity index (χ2n) is 7.32. The molecule has 0 saturated heterocycles. The Morgan fingerprint density at radius 3 is 2.44 bits per heavy atom. The van der Waals surface area contributed by atoms with Gasteiger partial charge in [-0.25, -0.2) is 14.2 Å². The highest BCUT2D eigenvalue weighted by molar-refractivity contribution is 7.09. The summed E-state index contributed by atoms with van der Waals surface area (Å²) in [5.74, 6) is 0.0577. The summed E-state index contributed by atoms with van der Waals surface area (Å²) in [6.07, 6.45) is 0. The van der Waals surface area contributed by atoms with E-state index in [0.717, 1.165) is 5.56 Å². The third kappa shape index (κ3) is 6.27. The standard InChI is InChI=1S/C23H25FN4O3S/c1-15(2)28(23(30)26-18-8-10-19(31-3)11-9-18)13-21-27-20(14-32-21)22(29)25-12-16-4-6-17(24)7-5-16/h4-11,14-15H,12-13H2,1-3H3,(H,25,29)(H,26,30). The highest BCUT2D eigenvalue weighted by atomic mass is 32.1. The number of carbonyl (C=O) groups excluding carboxylic acids is 2. The van der Waals surface area contributed by atoms with Gasteiger partial charge in [0.1, 0.15) is 22.3 Å². The van der Waals surface area contributed by atoms with E-state index in [0.29, 0.717) is 16.4 Å². The minimum absolute atomic E-state index is 0.0760. The number of ether oxygens (including phenoxy) is 1. The largest absolute Gasteiger partial charge is 0.497 e. The second-order valence-corrected chi connectivity index (χ2v) is 8.26.